The molecule has 0 spiro atoms. The number of hydrogen-bond acceptors (Lipinski definition) is 9. The summed E-state index contributed by atoms with van der Waals surface area (Å²) >= 11 is 0. The quantitative estimate of drug-likeness (QED) is 0.217. The summed E-state index contributed by atoms with van der Waals surface area (Å²) < 4.78 is 53.8. The van der Waals surface area contributed by atoms with Crippen LogP contribution >= 0.6 is 8.25 Å². The molecule has 0 radical (unpaired) electrons. The zero-order chi connectivity index (χ0) is 18.5. The average molecular weight is 407 g/mol. The molecule has 146 valence electrons. The molecule has 24 heavy (non-hydrogen) atoms. The molecule has 0 saturated carbocycles. The van der Waals surface area contributed by atoms with Crippen molar-refractivity contribution in [3.8, 4) is 0 Å². The molecular weight excluding hydrogens is 375 g/mol. The van der Waals surface area contributed by atoms with Crippen molar-refractivity contribution in [1.82, 2.24) is 0 Å². The van der Waals surface area contributed by atoms with Crippen LogP contribution in [0.2, 0.25) is 12.1 Å². The lowest BCUT2D eigenvalue weighted by atomic mass is 10.5. The molecule has 0 aromatic heterocycles. The Labute approximate surface area is 147 Å². The Morgan fingerprint density at radius 2 is 0.917 bits per heavy atom. The molecule has 0 aliphatic carbocycles. The maximum atomic E-state index is 11.7. The second kappa shape index (κ2) is 13.5. The van der Waals surface area contributed by atoms with E-state index in [9.17, 15) is 4.57 Å². The maximum Gasteiger partial charge on any atom is 0.500 e. The summed E-state index contributed by atoms with van der Waals surface area (Å²) in [6.07, 6.45) is 1.21. The first-order valence-corrected chi connectivity index (χ1v) is 12.7. The summed E-state index contributed by atoms with van der Waals surface area (Å²) in [5, 5.41) is 0. The predicted octanol–water partition coefficient (Wildman–Crippen LogP) is 1.95. The van der Waals surface area contributed by atoms with Crippen molar-refractivity contribution >= 4 is 25.9 Å². The second-order valence-corrected chi connectivity index (χ2v) is 12.0. The van der Waals surface area contributed by atoms with E-state index >= 15 is 0 Å². The fraction of sp³-hybridized carbons (Fsp3) is 1.00. The lowest BCUT2D eigenvalue weighted by molar-refractivity contribution is 0.119. The highest BCUT2D eigenvalue weighted by atomic mass is 31.1. The highest BCUT2D eigenvalue weighted by Gasteiger charge is 2.37. The zero-order valence-electron chi connectivity index (χ0n) is 15.4. The average Bonchev–Trinajstić information content (AvgIpc) is 2.63. The largest absolute Gasteiger partial charge is 0.500 e. The van der Waals surface area contributed by atoms with Crippen LogP contribution in [0.4, 0.5) is 0 Å². The van der Waals surface area contributed by atoms with Gasteiger partial charge in [-0.25, -0.2) is 0 Å². The molecule has 0 atom stereocenters. The minimum absolute atomic E-state index is 0.287. The molecule has 0 fully saturated rings. The Bertz CT molecular complexity index is 294. The minimum atomic E-state index is -2.60. The molecular formula is C12H31O9PSi2. The van der Waals surface area contributed by atoms with E-state index in [1.54, 1.807) is 42.7 Å². The smallest absolute Gasteiger partial charge is 0.377 e. The highest BCUT2D eigenvalue weighted by Crippen LogP contribution is 2.26. The lowest BCUT2D eigenvalue weighted by Gasteiger charge is -2.24. The molecule has 0 aromatic carbocycles. The van der Waals surface area contributed by atoms with Crippen molar-refractivity contribution in [3.63, 3.8) is 0 Å². The molecule has 0 rings (SSSR count). The predicted molar refractivity (Wildman–Crippen MR) is 93.3 cm³/mol. The second-order valence-electron chi connectivity index (χ2n) is 4.74. The van der Waals surface area contributed by atoms with Gasteiger partial charge in [0.05, 0.1) is 13.2 Å². The Morgan fingerprint density at radius 3 is 1.17 bits per heavy atom. The van der Waals surface area contributed by atoms with Gasteiger partial charge in [-0.15, -0.1) is 0 Å². The van der Waals surface area contributed by atoms with Crippen LogP contribution in [-0.2, 0) is 40.2 Å². The minimum Gasteiger partial charge on any atom is -0.377 e. The van der Waals surface area contributed by atoms with Crippen LogP contribution in [-0.4, -0.2) is 73.5 Å². The van der Waals surface area contributed by atoms with Crippen LogP contribution in [0.5, 0.6) is 0 Å². The zero-order valence-corrected chi connectivity index (χ0v) is 18.4. The first-order chi connectivity index (χ1) is 11.5. The van der Waals surface area contributed by atoms with Gasteiger partial charge < -0.3 is 35.6 Å². The lowest BCUT2D eigenvalue weighted by Crippen LogP contribution is -2.42. The molecule has 9 nitrogen and oxygen atoms in total. The fourth-order valence-corrected chi connectivity index (χ4v) is 6.13. The third kappa shape index (κ3) is 8.63. The third-order valence-corrected chi connectivity index (χ3v) is 10.1. The van der Waals surface area contributed by atoms with Gasteiger partial charge in [0.1, 0.15) is 0 Å². The first kappa shape index (κ1) is 24.3. The molecule has 0 N–H and O–H groups in total. The van der Waals surface area contributed by atoms with Gasteiger partial charge in [0.25, 0.3) is 0 Å². The van der Waals surface area contributed by atoms with Gasteiger partial charge in [-0.1, -0.05) is 0 Å². The summed E-state index contributed by atoms with van der Waals surface area (Å²) in [6.45, 7) is 0.574. The van der Waals surface area contributed by atoms with Gasteiger partial charge in [0.2, 0.25) is 0 Å². The van der Waals surface area contributed by atoms with E-state index in [1.807, 2.05) is 0 Å². The van der Waals surface area contributed by atoms with Crippen molar-refractivity contribution in [1.29, 1.82) is 0 Å². The van der Waals surface area contributed by atoms with Gasteiger partial charge in [-0.3, -0.25) is 4.57 Å². The van der Waals surface area contributed by atoms with E-state index in [0.29, 0.717) is 24.9 Å². The van der Waals surface area contributed by atoms with Gasteiger partial charge in [0, 0.05) is 54.7 Å². The van der Waals surface area contributed by atoms with Crippen LogP contribution in [0.3, 0.4) is 0 Å². The van der Waals surface area contributed by atoms with E-state index < -0.39 is 25.9 Å². The Balaban J connectivity index is 3.88. The number of rotatable bonds is 16. The van der Waals surface area contributed by atoms with Crippen molar-refractivity contribution < 1.29 is 40.2 Å². The fourth-order valence-electron chi connectivity index (χ4n) is 2.04. The molecule has 0 saturated heterocycles. The van der Waals surface area contributed by atoms with E-state index in [1.165, 1.54) is 0 Å². The summed E-state index contributed by atoms with van der Waals surface area (Å²) in [4.78, 5) is 0. The van der Waals surface area contributed by atoms with Crippen molar-refractivity contribution in [2.24, 2.45) is 0 Å². The third-order valence-electron chi connectivity index (χ3n) is 3.56. The topological polar surface area (TPSA) is 90.9 Å². The summed E-state index contributed by atoms with van der Waals surface area (Å²) in [7, 11) is 1.57. The van der Waals surface area contributed by atoms with Gasteiger partial charge in [0.15, 0.2) is 0 Å². The molecule has 12 heteroatoms. The van der Waals surface area contributed by atoms with Crippen LogP contribution in [0, 0.1) is 0 Å². The Morgan fingerprint density at radius 1 is 0.625 bits per heavy atom. The standard InChI is InChI=1S/C12H31O9PSi2/c1-14-23(15-2,16-3)11-7-9-20-22(13)21-10-8-12-24(17-4,18-5)19-6/h22H,7-12H2,1-6H3. The van der Waals surface area contributed by atoms with Crippen LogP contribution in [0.1, 0.15) is 12.8 Å². The Kier molecular flexibility index (Phi) is 13.7. The van der Waals surface area contributed by atoms with E-state index in [0.717, 1.165) is 0 Å². The summed E-state index contributed by atoms with van der Waals surface area (Å²) in [5.41, 5.74) is 0. The Hall–Kier alpha value is 0.344. The SMILES string of the molecule is CO[Si](CCCO[PH](=O)OCCC[Si](OC)(OC)OC)(OC)OC. The highest BCUT2D eigenvalue weighted by molar-refractivity contribution is 7.33. The van der Waals surface area contributed by atoms with Crippen LogP contribution < -0.4 is 0 Å². The maximum absolute atomic E-state index is 11.7. The molecule has 0 aromatic rings. The summed E-state index contributed by atoms with van der Waals surface area (Å²) in [5.74, 6) is 0. The van der Waals surface area contributed by atoms with Gasteiger partial charge in [-0.05, 0) is 12.8 Å². The molecule has 0 bridgehead atoms. The van der Waals surface area contributed by atoms with Crippen molar-refractivity contribution in [2.45, 2.75) is 24.9 Å². The normalized spacial score (nSPS) is 13.0. The molecule has 0 unspecified atom stereocenters. The monoisotopic (exact) mass is 406 g/mol. The van der Waals surface area contributed by atoms with E-state index in [2.05, 4.69) is 0 Å². The van der Waals surface area contributed by atoms with E-state index in [4.69, 9.17) is 35.6 Å². The van der Waals surface area contributed by atoms with Crippen molar-refractivity contribution in [3.05, 3.63) is 0 Å². The van der Waals surface area contributed by atoms with E-state index in [-0.39, 0.29) is 13.2 Å². The summed E-state index contributed by atoms with van der Waals surface area (Å²) in [6, 6.07) is 1.16. The molecule has 0 heterocycles. The molecule has 0 aliphatic rings. The van der Waals surface area contributed by atoms with Crippen molar-refractivity contribution in [2.75, 3.05) is 55.9 Å². The molecule has 0 amide bonds. The number of hydrogen-bond donors (Lipinski definition) is 0. The first-order valence-electron chi connectivity index (χ1n) is 7.57. The van der Waals surface area contributed by atoms with Crippen LogP contribution in [0.25, 0.3) is 0 Å². The van der Waals surface area contributed by atoms with Gasteiger partial charge in [-0.2, -0.15) is 0 Å². The molecule has 0 aliphatic heterocycles. The van der Waals surface area contributed by atoms with Crippen LogP contribution in [0.15, 0.2) is 0 Å². The van der Waals surface area contributed by atoms with Gasteiger partial charge >= 0.3 is 25.9 Å².